The van der Waals surface area contributed by atoms with Crippen LogP contribution in [0.3, 0.4) is 0 Å². The van der Waals surface area contributed by atoms with E-state index >= 15 is 0 Å². The minimum Gasteiger partial charge on any atom is -0.266 e. The van der Waals surface area contributed by atoms with Crippen molar-refractivity contribution >= 4 is 45.6 Å². The lowest BCUT2D eigenvalue weighted by atomic mass is 10.2. The van der Waals surface area contributed by atoms with Crippen molar-refractivity contribution in [3.63, 3.8) is 0 Å². The first-order valence-electron chi connectivity index (χ1n) is 4.91. The maximum absolute atomic E-state index is 11.5. The van der Waals surface area contributed by atoms with Gasteiger partial charge in [0.25, 0.3) is 11.6 Å². The molecule has 0 bridgehead atoms. The monoisotopic (exact) mass is 280 g/mol. The number of aliphatic imine (C=N–C) groups is 1. The molecule has 1 aromatic carbocycles. The molecule has 0 N–H and O–H groups in total. The lowest BCUT2D eigenvalue weighted by Crippen LogP contribution is -1.89. The first kappa shape index (κ1) is 12.8. The zero-order chi connectivity index (χ0) is 13.1. The van der Waals surface area contributed by atoms with Crippen LogP contribution in [0, 0.1) is 10.1 Å². The largest absolute Gasteiger partial charge is 0.285 e. The Bertz CT molecular complexity index is 564. The Morgan fingerprint density at radius 3 is 2.56 bits per heavy atom. The normalized spacial score (nSPS) is 17.1. The first-order valence-corrected chi connectivity index (χ1v) is 6.95. The zero-order valence-corrected chi connectivity index (χ0v) is 11.0. The van der Waals surface area contributed by atoms with E-state index in [1.165, 1.54) is 35.7 Å². The first-order chi connectivity index (χ1) is 8.60. The number of carbonyl (C=O) groups is 1. The van der Waals surface area contributed by atoms with Crippen LogP contribution in [-0.2, 0) is 4.79 Å². The second-order valence-corrected chi connectivity index (χ2v) is 5.43. The average molecular weight is 280 g/mol. The van der Waals surface area contributed by atoms with Gasteiger partial charge >= 0.3 is 0 Å². The zero-order valence-electron chi connectivity index (χ0n) is 9.32. The Morgan fingerprint density at radius 2 is 2.06 bits per heavy atom. The highest BCUT2D eigenvalue weighted by molar-refractivity contribution is 8.40. The van der Waals surface area contributed by atoms with Crippen molar-refractivity contribution in [2.24, 2.45) is 4.99 Å². The Kier molecular flexibility index (Phi) is 3.83. The van der Waals surface area contributed by atoms with E-state index in [4.69, 9.17) is 0 Å². The van der Waals surface area contributed by atoms with E-state index < -0.39 is 4.92 Å². The predicted molar refractivity (Wildman–Crippen MR) is 74.6 cm³/mol. The highest BCUT2D eigenvalue weighted by Crippen LogP contribution is 2.32. The van der Waals surface area contributed by atoms with Gasteiger partial charge in [-0.05, 0) is 30.0 Å². The van der Waals surface area contributed by atoms with Crippen molar-refractivity contribution in [1.29, 1.82) is 0 Å². The molecule has 0 radical (unpaired) electrons. The summed E-state index contributed by atoms with van der Waals surface area (Å²) in [5.41, 5.74) is 0.776. The number of hydrogen-bond donors (Lipinski definition) is 0. The molecule has 0 aromatic heterocycles. The molecule has 1 heterocycles. The third-order valence-electron chi connectivity index (χ3n) is 2.18. The van der Waals surface area contributed by atoms with Crippen LogP contribution in [-0.4, -0.2) is 21.5 Å². The molecule has 2 rings (SSSR count). The SMILES string of the molecule is CSC1=NC(=O)C(=Cc2ccc([N+](=O)[O-])cc2)S1. The maximum Gasteiger partial charge on any atom is 0.285 e. The van der Waals surface area contributed by atoms with Gasteiger partial charge in [0.1, 0.15) is 4.38 Å². The Labute approximate surface area is 112 Å². The molecule has 5 nitrogen and oxygen atoms in total. The summed E-state index contributed by atoms with van der Waals surface area (Å²) < 4.78 is 0.716. The number of hydrogen-bond acceptors (Lipinski definition) is 5. The molecule has 7 heteroatoms. The molecule has 1 amide bonds. The van der Waals surface area contributed by atoms with Crippen LogP contribution in [0.1, 0.15) is 5.56 Å². The van der Waals surface area contributed by atoms with Gasteiger partial charge in [0.2, 0.25) is 0 Å². The quantitative estimate of drug-likeness (QED) is 0.473. The van der Waals surface area contributed by atoms with Gasteiger partial charge in [0.15, 0.2) is 0 Å². The Morgan fingerprint density at radius 1 is 1.39 bits per heavy atom. The van der Waals surface area contributed by atoms with Crippen LogP contribution in [0.25, 0.3) is 6.08 Å². The summed E-state index contributed by atoms with van der Waals surface area (Å²) >= 11 is 2.73. The van der Waals surface area contributed by atoms with E-state index in [-0.39, 0.29) is 11.6 Å². The summed E-state index contributed by atoms with van der Waals surface area (Å²) in [5, 5.41) is 10.5. The molecular formula is C11H8N2O3S2. The molecule has 0 atom stereocenters. The minimum absolute atomic E-state index is 0.0311. The Balaban J connectivity index is 2.20. The van der Waals surface area contributed by atoms with Crippen molar-refractivity contribution in [2.75, 3.05) is 6.26 Å². The molecule has 1 aliphatic heterocycles. The molecule has 1 aliphatic rings. The van der Waals surface area contributed by atoms with E-state index in [1.54, 1.807) is 18.2 Å². The Hall–Kier alpha value is -1.60. The van der Waals surface area contributed by atoms with Crippen molar-refractivity contribution in [3.05, 3.63) is 44.8 Å². The molecule has 0 saturated heterocycles. The van der Waals surface area contributed by atoms with Crippen LogP contribution in [0.4, 0.5) is 5.69 Å². The minimum atomic E-state index is -0.457. The van der Waals surface area contributed by atoms with Crippen LogP contribution in [0.15, 0.2) is 34.2 Å². The van der Waals surface area contributed by atoms with Gasteiger partial charge in [-0.1, -0.05) is 11.8 Å². The highest BCUT2D eigenvalue weighted by atomic mass is 32.2. The van der Waals surface area contributed by atoms with Crippen LogP contribution in [0.5, 0.6) is 0 Å². The van der Waals surface area contributed by atoms with Gasteiger partial charge in [0.05, 0.1) is 9.83 Å². The number of non-ortho nitro benzene ring substituents is 1. The predicted octanol–water partition coefficient (Wildman–Crippen LogP) is 2.93. The van der Waals surface area contributed by atoms with E-state index in [9.17, 15) is 14.9 Å². The summed E-state index contributed by atoms with van der Waals surface area (Å²) in [6.45, 7) is 0. The molecule has 0 aliphatic carbocycles. The van der Waals surface area contributed by atoms with E-state index in [0.717, 1.165) is 5.56 Å². The topological polar surface area (TPSA) is 72.6 Å². The number of thioether (sulfide) groups is 2. The van der Waals surface area contributed by atoms with Crippen LogP contribution in [0.2, 0.25) is 0 Å². The summed E-state index contributed by atoms with van der Waals surface area (Å²) in [4.78, 5) is 26.0. The third kappa shape index (κ3) is 2.80. The fraction of sp³-hybridized carbons (Fsp3) is 0.0909. The molecule has 0 unspecified atom stereocenters. The average Bonchev–Trinajstić information content (AvgIpc) is 2.71. The van der Waals surface area contributed by atoms with Crippen LogP contribution >= 0.6 is 23.5 Å². The number of amides is 1. The molecule has 0 spiro atoms. The molecule has 0 fully saturated rings. The number of nitro benzene ring substituents is 1. The molecular weight excluding hydrogens is 272 g/mol. The van der Waals surface area contributed by atoms with Gasteiger partial charge in [-0.3, -0.25) is 14.9 Å². The smallest absolute Gasteiger partial charge is 0.266 e. The van der Waals surface area contributed by atoms with Gasteiger partial charge in [-0.25, -0.2) is 0 Å². The van der Waals surface area contributed by atoms with Crippen molar-refractivity contribution in [1.82, 2.24) is 0 Å². The maximum atomic E-state index is 11.5. The van der Waals surface area contributed by atoms with Gasteiger partial charge in [-0.15, -0.1) is 11.8 Å². The number of nitrogens with zero attached hydrogens (tertiary/aromatic N) is 2. The molecule has 92 valence electrons. The van der Waals surface area contributed by atoms with Gasteiger partial charge in [-0.2, -0.15) is 4.99 Å². The number of benzene rings is 1. The lowest BCUT2D eigenvalue weighted by molar-refractivity contribution is -0.384. The summed E-state index contributed by atoms with van der Waals surface area (Å²) in [7, 11) is 0. The second kappa shape index (κ2) is 5.36. The fourth-order valence-corrected chi connectivity index (χ4v) is 2.74. The van der Waals surface area contributed by atoms with Crippen molar-refractivity contribution < 1.29 is 9.72 Å². The van der Waals surface area contributed by atoms with Crippen LogP contribution < -0.4 is 0 Å². The van der Waals surface area contributed by atoms with Gasteiger partial charge < -0.3 is 0 Å². The number of nitro groups is 1. The highest BCUT2D eigenvalue weighted by Gasteiger charge is 2.20. The second-order valence-electron chi connectivity index (χ2n) is 3.35. The molecule has 1 aromatic rings. The summed E-state index contributed by atoms with van der Waals surface area (Å²) in [6.07, 6.45) is 3.54. The van der Waals surface area contributed by atoms with Crippen molar-refractivity contribution in [3.8, 4) is 0 Å². The van der Waals surface area contributed by atoms with Crippen molar-refractivity contribution in [2.45, 2.75) is 0 Å². The molecule has 0 saturated carbocycles. The third-order valence-corrected chi connectivity index (χ3v) is 4.15. The number of carbonyl (C=O) groups excluding carboxylic acids is 1. The lowest BCUT2D eigenvalue weighted by Gasteiger charge is -1.96. The standard InChI is InChI=1S/C11H8N2O3S2/c1-17-11-12-10(14)9(18-11)6-7-2-4-8(5-3-7)13(15)16/h2-6H,1H3. The summed E-state index contributed by atoms with van der Waals surface area (Å²) in [5.74, 6) is -0.261. The number of rotatable bonds is 2. The van der Waals surface area contributed by atoms with E-state index in [2.05, 4.69) is 4.99 Å². The summed E-state index contributed by atoms with van der Waals surface area (Å²) in [6, 6.07) is 6.03. The molecule has 18 heavy (non-hydrogen) atoms. The van der Waals surface area contributed by atoms with E-state index in [0.29, 0.717) is 9.28 Å². The van der Waals surface area contributed by atoms with E-state index in [1.807, 2.05) is 6.26 Å². The fourth-order valence-electron chi connectivity index (χ4n) is 1.32. The van der Waals surface area contributed by atoms with Gasteiger partial charge in [0, 0.05) is 12.1 Å².